The standard InChI is InChI=1S/C11H10FNO5/c1-6-3-10(18-5-7(2)11(14)15)8(12)4-9(6)13(16)17/h3-4H,2,5H2,1H3,(H,14,15). The highest BCUT2D eigenvalue weighted by molar-refractivity contribution is 5.86. The summed E-state index contributed by atoms with van der Waals surface area (Å²) in [5.74, 6) is -2.43. The van der Waals surface area contributed by atoms with Crippen molar-refractivity contribution >= 4 is 11.7 Å². The van der Waals surface area contributed by atoms with Gasteiger partial charge in [-0.1, -0.05) is 6.58 Å². The Bertz CT molecular complexity index is 526. The van der Waals surface area contributed by atoms with E-state index in [-0.39, 0.29) is 22.6 Å². The maximum absolute atomic E-state index is 13.4. The summed E-state index contributed by atoms with van der Waals surface area (Å²) < 4.78 is 18.3. The molecule has 7 heteroatoms. The van der Waals surface area contributed by atoms with Gasteiger partial charge in [-0.3, -0.25) is 10.1 Å². The summed E-state index contributed by atoms with van der Waals surface area (Å²) in [6.07, 6.45) is 0. The predicted molar refractivity (Wildman–Crippen MR) is 60.1 cm³/mol. The summed E-state index contributed by atoms with van der Waals surface area (Å²) >= 11 is 0. The first-order chi connectivity index (χ1) is 8.32. The van der Waals surface area contributed by atoms with E-state index in [9.17, 15) is 19.3 Å². The van der Waals surface area contributed by atoms with Crippen LogP contribution in [0.2, 0.25) is 0 Å². The molecule has 6 nitrogen and oxygen atoms in total. The third-order valence-electron chi connectivity index (χ3n) is 2.15. The van der Waals surface area contributed by atoms with Gasteiger partial charge in [-0.05, 0) is 13.0 Å². The van der Waals surface area contributed by atoms with Crippen LogP contribution in [-0.2, 0) is 4.79 Å². The first kappa shape index (κ1) is 13.6. The minimum absolute atomic E-state index is 0.220. The minimum atomic E-state index is -1.26. The fourth-order valence-corrected chi connectivity index (χ4v) is 1.18. The van der Waals surface area contributed by atoms with Crippen molar-refractivity contribution in [2.75, 3.05) is 6.61 Å². The summed E-state index contributed by atoms with van der Waals surface area (Å²) in [7, 11) is 0. The molecule has 0 saturated heterocycles. The molecular weight excluding hydrogens is 245 g/mol. The Labute approximate surface area is 101 Å². The van der Waals surface area contributed by atoms with Gasteiger partial charge in [-0.2, -0.15) is 0 Å². The van der Waals surface area contributed by atoms with Gasteiger partial charge < -0.3 is 9.84 Å². The highest BCUT2D eigenvalue weighted by Gasteiger charge is 2.17. The molecule has 18 heavy (non-hydrogen) atoms. The van der Waals surface area contributed by atoms with Gasteiger partial charge in [0.2, 0.25) is 0 Å². The third-order valence-corrected chi connectivity index (χ3v) is 2.15. The van der Waals surface area contributed by atoms with E-state index in [2.05, 4.69) is 6.58 Å². The minimum Gasteiger partial charge on any atom is -0.486 e. The summed E-state index contributed by atoms with van der Waals surface area (Å²) in [5, 5.41) is 19.1. The van der Waals surface area contributed by atoms with Crippen LogP contribution in [0.25, 0.3) is 0 Å². The number of aryl methyl sites for hydroxylation is 1. The molecule has 96 valence electrons. The molecule has 1 rings (SSSR count). The lowest BCUT2D eigenvalue weighted by molar-refractivity contribution is -0.385. The first-order valence-electron chi connectivity index (χ1n) is 4.81. The van der Waals surface area contributed by atoms with Crippen LogP contribution in [0.4, 0.5) is 10.1 Å². The van der Waals surface area contributed by atoms with E-state index in [1.54, 1.807) is 0 Å². The Kier molecular flexibility index (Phi) is 3.98. The van der Waals surface area contributed by atoms with E-state index in [0.29, 0.717) is 0 Å². The maximum Gasteiger partial charge on any atom is 0.334 e. The zero-order valence-corrected chi connectivity index (χ0v) is 9.47. The number of nitrogens with zero attached hydrogens (tertiary/aromatic N) is 1. The summed E-state index contributed by atoms with van der Waals surface area (Å²) in [4.78, 5) is 20.3. The van der Waals surface area contributed by atoms with Crippen LogP contribution >= 0.6 is 0 Å². The molecule has 0 aliphatic heterocycles. The number of rotatable bonds is 5. The normalized spacial score (nSPS) is 9.89. The molecule has 0 radical (unpaired) electrons. The van der Waals surface area contributed by atoms with E-state index in [0.717, 1.165) is 12.1 Å². The van der Waals surface area contributed by atoms with Crippen molar-refractivity contribution in [2.45, 2.75) is 6.92 Å². The monoisotopic (exact) mass is 255 g/mol. The Balaban J connectivity index is 2.92. The van der Waals surface area contributed by atoms with Crippen LogP contribution in [0.3, 0.4) is 0 Å². The van der Waals surface area contributed by atoms with E-state index >= 15 is 0 Å². The van der Waals surface area contributed by atoms with Crippen LogP contribution in [0.5, 0.6) is 5.75 Å². The van der Waals surface area contributed by atoms with Crippen LogP contribution in [0, 0.1) is 22.9 Å². The molecule has 0 aliphatic carbocycles. The largest absolute Gasteiger partial charge is 0.486 e. The highest BCUT2D eigenvalue weighted by Crippen LogP contribution is 2.27. The lowest BCUT2D eigenvalue weighted by Crippen LogP contribution is -2.10. The van der Waals surface area contributed by atoms with Crippen LogP contribution in [-0.4, -0.2) is 22.6 Å². The second-order valence-corrected chi connectivity index (χ2v) is 3.52. The van der Waals surface area contributed by atoms with E-state index < -0.39 is 23.3 Å². The zero-order chi connectivity index (χ0) is 13.9. The number of nitro groups is 1. The zero-order valence-electron chi connectivity index (χ0n) is 9.47. The van der Waals surface area contributed by atoms with Gasteiger partial charge in [0.1, 0.15) is 6.61 Å². The summed E-state index contributed by atoms with van der Waals surface area (Å²) in [6, 6.07) is 1.87. The van der Waals surface area contributed by atoms with Gasteiger partial charge >= 0.3 is 5.97 Å². The molecule has 0 aromatic heterocycles. The number of hydrogen-bond donors (Lipinski definition) is 1. The SMILES string of the molecule is C=C(COc1cc(C)c([N+](=O)[O-])cc1F)C(=O)O. The van der Waals surface area contributed by atoms with Crippen molar-refractivity contribution in [3.05, 3.63) is 45.8 Å². The van der Waals surface area contributed by atoms with Gasteiger partial charge in [-0.15, -0.1) is 0 Å². The number of carboxylic acids is 1. The lowest BCUT2D eigenvalue weighted by Gasteiger charge is -2.08. The second-order valence-electron chi connectivity index (χ2n) is 3.52. The highest BCUT2D eigenvalue weighted by atomic mass is 19.1. The van der Waals surface area contributed by atoms with E-state index in [4.69, 9.17) is 9.84 Å². The number of carbonyl (C=O) groups is 1. The number of ether oxygens (including phenoxy) is 1. The van der Waals surface area contributed by atoms with Crippen molar-refractivity contribution in [1.29, 1.82) is 0 Å². The Morgan fingerprint density at radius 2 is 2.22 bits per heavy atom. The predicted octanol–water partition coefficient (Wildman–Crippen LogP) is 2.06. The molecule has 0 atom stereocenters. The molecule has 1 aromatic rings. The van der Waals surface area contributed by atoms with Gasteiger partial charge in [0.05, 0.1) is 16.6 Å². The molecule has 0 saturated carbocycles. The van der Waals surface area contributed by atoms with Gasteiger partial charge in [0, 0.05) is 5.56 Å². The maximum atomic E-state index is 13.4. The van der Waals surface area contributed by atoms with E-state index in [1.165, 1.54) is 6.92 Å². The second kappa shape index (κ2) is 5.26. The molecule has 0 unspecified atom stereocenters. The van der Waals surface area contributed by atoms with Crippen molar-refractivity contribution in [3.8, 4) is 5.75 Å². The van der Waals surface area contributed by atoms with Crippen LogP contribution in [0.1, 0.15) is 5.56 Å². The molecular formula is C11H10FNO5. The van der Waals surface area contributed by atoms with Crippen LogP contribution < -0.4 is 4.74 Å². The molecule has 0 heterocycles. The van der Waals surface area contributed by atoms with Crippen molar-refractivity contribution in [2.24, 2.45) is 0 Å². The molecule has 1 aromatic carbocycles. The lowest BCUT2D eigenvalue weighted by atomic mass is 10.2. The van der Waals surface area contributed by atoms with Gasteiger partial charge in [0.15, 0.2) is 11.6 Å². The first-order valence-corrected chi connectivity index (χ1v) is 4.81. The number of aliphatic carboxylic acids is 1. The van der Waals surface area contributed by atoms with Crippen molar-refractivity contribution in [1.82, 2.24) is 0 Å². The smallest absolute Gasteiger partial charge is 0.334 e. The average Bonchev–Trinajstić information content (AvgIpc) is 2.28. The van der Waals surface area contributed by atoms with Gasteiger partial charge in [0.25, 0.3) is 5.69 Å². The van der Waals surface area contributed by atoms with E-state index in [1.807, 2.05) is 0 Å². The fourth-order valence-electron chi connectivity index (χ4n) is 1.18. The van der Waals surface area contributed by atoms with Gasteiger partial charge in [-0.25, -0.2) is 9.18 Å². The Hall–Kier alpha value is -2.44. The molecule has 0 fully saturated rings. The third kappa shape index (κ3) is 3.03. The number of hydrogen-bond acceptors (Lipinski definition) is 4. The Morgan fingerprint density at radius 3 is 2.72 bits per heavy atom. The van der Waals surface area contributed by atoms with Crippen molar-refractivity contribution in [3.63, 3.8) is 0 Å². The molecule has 0 spiro atoms. The van der Waals surface area contributed by atoms with Crippen molar-refractivity contribution < 1.29 is 24.0 Å². The topological polar surface area (TPSA) is 89.7 Å². The number of halogens is 1. The molecule has 1 N–H and O–H groups in total. The average molecular weight is 255 g/mol. The number of benzene rings is 1. The van der Waals surface area contributed by atoms with Crippen LogP contribution in [0.15, 0.2) is 24.3 Å². The molecule has 0 bridgehead atoms. The summed E-state index contributed by atoms with van der Waals surface area (Å²) in [5.41, 5.74) is -0.389. The molecule has 0 amide bonds. The Morgan fingerprint density at radius 1 is 1.61 bits per heavy atom. The molecule has 0 aliphatic rings. The number of nitro benzene ring substituents is 1. The fraction of sp³-hybridized carbons (Fsp3) is 0.182. The number of carboxylic acid groups (broad SMARTS) is 1. The summed E-state index contributed by atoms with van der Waals surface area (Å²) in [6.45, 7) is 4.24. The quantitative estimate of drug-likeness (QED) is 0.494.